The average molecular weight is 258 g/mol. The van der Waals surface area contributed by atoms with E-state index >= 15 is 0 Å². The van der Waals surface area contributed by atoms with E-state index in [4.69, 9.17) is 0 Å². The number of nitriles is 1. The summed E-state index contributed by atoms with van der Waals surface area (Å²) in [5, 5.41) is 15.4. The molecule has 2 aromatic heterocycles. The van der Waals surface area contributed by atoms with E-state index in [0.29, 0.717) is 11.4 Å². The van der Waals surface area contributed by atoms with Crippen molar-refractivity contribution < 1.29 is 0 Å². The SMILES string of the molecule is Cc1ccnc(NC(C)(C)c2nccs2)c1C#N. The molecule has 5 heteroatoms. The highest BCUT2D eigenvalue weighted by atomic mass is 32.1. The fourth-order valence-corrected chi connectivity index (χ4v) is 2.39. The van der Waals surface area contributed by atoms with Crippen molar-refractivity contribution in [2.24, 2.45) is 0 Å². The second kappa shape index (κ2) is 4.75. The summed E-state index contributed by atoms with van der Waals surface area (Å²) in [5.74, 6) is 0.609. The first-order valence-electron chi connectivity index (χ1n) is 5.58. The van der Waals surface area contributed by atoms with Gasteiger partial charge in [0.05, 0.1) is 11.1 Å². The maximum atomic E-state index is 9.18. The Morgan fingerprint density at radius 1 is 1.33 bits per heavy atom. The molecule has 0 bridgehead atoms. The van der Waals surface area contributed by atoms with Crippen LogP contribution in [0.25, 0.3) is 0 Å². The van der Waals surface area contributed by atoms with Crippen LogP contribution in [-0.2, 0) is 5.54 Å². The van der Waals surface area contributed by atoms with Gasteiger partial charge in [-0.3, -0.25) is 0 Å². The molecular formula is C13H14N4S. The summed E-state index contributed by atoms with van der Waals surface area (Å²) in [6, 6.07) is 4.02. The van der Waals surface area contributed by atoms with Gasteiger partial charge in [0.2, 0.25) is 0 Å². The first-order valence-corrected chi connectivity index (χ1v) is 6.46. The lowest BCUT2D eigenvalue weighted by Gasteiger charge is -2.25. The largest absolute Gasteiger partial charge is 0.358 e. The van der Waals surface area contributed by atoms with Crippen LogP contribution < -0.4 is 5.32 Å². The van der Waals surface area contributed by atoms with E-state index < -0.39 is 0 Å². The molecular weight excluding hydrogens is 244 g/mol. The first-order chi connectivity index (χ1) is 8.54. The van der Waals surface area contributed by atoms with E-state index in [0.717, 1.165) is 10.6 Å². The van der Waals surface area contributed by atoms with Crippen LogP contribution in [0.1, 0.15) is 30.0 Å². The van der Waals surface area contributed by atoms with E-state index in [-0.39, 0.29) is 5.54 Å². The van der Waals surface area contributed by atoms with Crippen molar-refractivity contribution in [2.45, 2.75) is 26.3 Å². The molecule has 0 unspecified atom stereocenters. The highest BCUT2D eigenvalue weighted by molar-refractivity contribution is 7.09. The third kappa shape index (κ3) is 2.34. The molecule has 0 saturated carbocycles. The normalized spacial score (nSPS) is 11.0. The third-order valence-corrected chi connectivity index (χ3v) is 3.77. The number of anilines is 1. The van der Waals surface area contributed by atoms with Crippen LogP contribution in [0, 0.1) is 18.3 Å². The minimum Gasteiger partial charge on any atom is -0.358 e. The average Bonchev–Trinajstić information content (AvgIpc) is 2.83. The van der Waals surface area contributed by atoms with Gasteiger partial charge in [-0.25, -0.2) is 9.97 Å². The molecule has 0 amide bonds. The molecule has 0 aliphatic rings. The van der Waals surface area contributed by atoms with Crippen LogP contribution in [-0.4, -0.2) is 9.97 Å². The molecule has 0 saturated heterocycles. The van der Waals surface area contributed by atoms with E-state index in [2.05, 4.69) is 21.4 Å². The predicted octanol–water partition coefficient (Wildman–Crippen LogP) is 3.07. The van der Waals surface area contributed by atoms with Gasteiger partial charge in [0, 0.05) is 17.8 Å². The van der Waals surface area contributed by atoms with Crippen LogP contribution >= 0.6 is 11.3 Å². The summed E-state index contributed by atoms with van der Waals surface area (Å²) in [4.78, 5) is 8.56. The zero-order valence-electron chi connectivity index (χ0n) is 10.6. The number of nitrogens with zero attached hydrogens (tertiary/aromatic N) is 3. The minimum atomic E-state index is -0.347. The molecule has 0 aromatic carbocycles. The monoisotopic (exact) mass is 258 g/mol. The van der Waals surface area contributed by atoms with Crippen molar-refractivity contribution in [3.63, 3.8) is 0 Å². The summed E-state index contributed by atoms with van der Waals surface area (Å²) < 4.78 is 0. The molecule has 0 atom stereocenters. The molecule has 0 aliphatic heterocycles. The van der Waals surface area contributed by atoms with Crippen molar-refractivity contribution in [1.82, 2.24) is 9.97 Å². The molecule has 2 heterocycles. The van der Waals surface area contributed by atoms with Gasteiger partial charge in [0.25, 0.3) is 0 Å². The second-order valence-electron chi connectivity index (χ2n) is 4.55. The first kappa shape index (κ1) is 12.5. The standard InChI is InChI=1S/C13H14N4S/c1-9-4-5-15-11(10(9)8-14)17-13(2,3)12-16-6-7-18-12/h4-7H,1-3H3,(H,15,17). The Labute approximate surface area is 110 Å². The Balaban J connectivity index is 2.36. The topological polar surface area (TPSA) is 61.6 Å². The Kier molecular flexibility index (Phi) is 3.30. The molecule has 18 heavy (non-hydrogen) atoms. The molecule has 92 valence electrons. The fourth-order valence-electron chi connectivity index (χ4n) is 1.68. The zero-order chi connectivity index (χ0) is 13.2. The lowest BCUT2D eigenvalue weighted by molar-refractivity contribution is 0.600. The molecule has 2 aromatic rings. The highest BCUT2D eigenvalue weighted by Gasteiger charge is 2.24. The highest BCUT2D eigenvalue weighted by Crippen LogP contribution is 2.28. The van der Waals surface area contributed by atoms with Gasteiger partial charge in [-0.1, -0.05) is 0 Å². The predicted molar refractivity (Wildman–Crippen MR) is 72.5 cm³/mol. The van der Waals surface area contributed by atoms with Crippen molar-refractivity contribution in [2.75, 3.05) is 5.32 Å². The Morgan fingerprint density at radius 3 is 2.72 bits per heavy atom. The molecule has 0 radical (unpaired) electrons. The van der Waals surface area contributed by atoms with Gasteiger partial charge in [-0.05, 0) is 32.4 Å². The fraction of sp³-hybridized carbons (Fsp3) is 0.308. The van der Waals surface area contributed by atoms with Gasteiger partial charge in [0.1, 0.15) is 16.9 Å². The number of pyridine rings is 1. The number of hydrogen-bond donors (Lipinski definition) is 1. The van der Waals surface area contributed by atoms with Gasteiger partial charge < -0.3 is 5.32 Å². The molecule has 1 N–H and O–H groups in total. The summed E-state index contributed by atoms with van der Waals surface area (Å²) in [7, 11) is 0. The summed E-state index contributed by atoms with van der Waals surface area (Å²) in [5.41, 5.74) is 1.16. The van der Waals surface area contributed by atoms with E-state index in [1.54, 1.807) is 23.7 Å². The number of aromatic nitrogens is 2. The smallest absolute Gasteiger partial charge is 0.144 e. The maximum Gasteiger partial charge on any atom is 0.144 e. The number of aryl methyl sites for hydroxylation is 1. The minimum absolute atomic E-state index is 0.347. The van der Waals surface area contributed by atoms with Crippen LogP contribution in [0.2, 0.25) is 0 Å². The Hall–Kier alpha value is -1.93. The van der Waals surface area contributed by atoms with Gasteiger partial charge in [0.15, 0.2) is 0 Å². The van der Waals surface area contributed by atoms with Crippen molar-refractivity contribution in [3.8, 4) is 6.07 Å². The lowest BCUT2D eigenvalue weighted by atomic mass is 10.1. The summed E-state index contributed by atoms with van der Waals surface area (Å²) in [6.07, 6.45) is 3.48. The summed E-state index contributed by atoms with van der Waals surface area (Å²) in [6.45, 7) is 5.95. The van der Waals surface area contributed by atoms with E-state index in [9.17, 15) is 5.26 Å². The van der Waals surface area contributed by atoms with Crippen LogP contribution in [0.5, 0.6) is 0 Å². The van der Waals surface area contributed by atoms with Crippen LogP contribution in [0.4, 0.5) is 5.82 Å². The molecule has 0 spiro atoms. The number of thiazole rings is 1. The number of rotatable bonds is 3. The lowest BCUT2D eigenvalue weighted by Crippen LogP contribution is -2.28. The number of nitrogens with one attached hydrogen (secondary N) is 1. The zero-order valence-corrected chi connectivity index (χ0v) is 11.4. The second-order valence-corrected chi connectivity index (χ2v) is 5.45. The van der Waals surface area contributed by atoms with Crippen molar-refractivity contribution in [3.05, 3.63) is 40.0 Å². The van der Waals surface area contributed by atoms with Gasteiger partial charge in [-0.15, -0.1) is 11.3 Å². The number of hydrogen-bond acceptors (Lipinski definition) is 5. The van der Waals surface area contributed by atoms with Crippen LogP contribution in [0.3, 0.4) is 0 Å². The Morgan fingerprint density at radius 2 is 2.11 bits per heavy atom. The quantitative estimate of drug-likeness (QED) is 0.919. The molecule has 2 rings (SSSR count). The van der Waals surface area contributed by atoms with E-state index in [1.807, 2.05) is 32.2 Å². The Bertz CT molecular complexity index is 582. The molecule has 4 nitrogen and oxygen atoms in total. The molecule has 0 aliphatic carbocycles. The summed E-state index contributed by atoms with van der Waals surface area (Å²) >= 11 is 1.58. The van der Waals surface area contributed by atoms with Gasteiger partial charge >= 0.3 is 0 Å². The third-order valence-electron chi connectivity index (χ3n) is 2.67. The van der Waals surface area contributed by atoms with Crippen LogP contribution in [0.15, 0.2) is 23.8 Å². The van der Waals surface area contributed by atoms with Gasteiger partial charge in [-0.2, -0.15) is 5.26 Å². The van der Waals surface area contributed by atoms with Crippen molar-refractivity contribution >= 4 is 17.2 Å². The van der Waals surface area contributed by atoms with Crippen molar-refractivity contribution in [1.29, 1.82) is 5.26 Å². The maximum absolute atomic E-state index is 9.18. The molecule has 0 fully saturated rings. The van der Waals surface area contributed by atoms with E-state index in [1.165, 1.54) is 0 Å².